The van der Waals surface area contributed by atoms with Gasteiger partial charge in [-0.3, -0.25) is 0 Å². The third-order valence-electron chi connectivity index (χ3n) is 1.65. The Morgan fingerprint density at radius 2 is 2.15 bits per heavy atom. The molecule has 0 bridgehead atoms. The zero-order valence-electron chi connectivity index (χ0n) is 6.43. The fourth-order valence-corrected chi connectivity index (χ4v) is 2.05. The van der Waals surface area contributed by atoms with Crippen molar-refractivity contribution in [3.8, 4) is 5.75 Å². The van der Waals surface area contributed by atoms with Gasteiger partial charge in [0.2, 0.25) is 0 Å². The molecular formula is C7H6N2O3S. The number of nitrogens with zero attached hydrogens (tertiary/aromatic N) is 1. The molecule has 0 fully saturated rings. The normalized spacial score (nSPS) is 17.5. The summed E-state index contributed by atoms with van der Waals surface area (Å²) in [5.74, 6) is -0.0961. The summed E-state index contributed by atoms with van der Waals surface area (Å²) in [5.41, 5.74) is 0.424. The number of hydrogen-bond acceptors (Lipinski definition) is 4. The molecule has 0 aliphatic carbocycles. The third-order valence-corrected chi connectivity index (χ3v) is 2.93. The molecule has 0 saturated carbocycles. The van der Waals surface area contributed by atoms with Gasteiger partial charge in [0, 0.05) is 6.07 Å². The van der Waals surface area contributed by atoms with Crippen molar-refractivity contribution in [3.63, 3.8) is 0 Å². The fraction of sp³-hybridized carbons (Fsp3) is 0. The summed E-state index contributed by atoms with van der Waals surface area (Å²) in [6.07, 6.45) is 1.11. The molecule has 0 radical (unpaired) electrons. The molecule has 2 N–H and O–H groups in total. The first-order chi connectivity index (χ1) is 6.09. The zero-order valence-corrected chi connectivity index (χ0v) is 7.25. The van der Waals surface area contributed by atoms with Crippen LogP contribution in [0.25, 0.3) is 0 Å². The highest BCUT2D eigenvalue weighted by atomic mass is 32.2. The first-order valence-corrected chi connectivity index (χ1v) is 4.92. The molecule has 1 heterocycles. The van der Waals surface area contributed by atoms with Crippen LogP contribution in [0.2, 0.25) is 0 Å². The molecule has 1 aliphatic rings. The number of phenols is 1. The van der Waals surface area contributed by atoms with E-state index in [-0.39, 0.29) is 10.6 Å². The molecule has 2 rings (SSSR count). The molecule has 0 saturated heterocycles. The average Bonchev–Trinajstić information content (AvgIpc) is 2.06. The molecule has 6 heteroatoms. The second kappa shape index (κ2) is 2.46. The van der Waals surface area contributed by atoms with Crippen LogP contribution in [-0.2, 0) is 10.0 Å². The van der Waals surface area contributed by atoms with E-state index in [2.05, 4.69) is 9.71 Å². The van der Waals surface area contributed by atoms with E-state index in [0.717, 1.165) is 12.4 Å². The number of phenolic OH excluding ortho intramolecular Hbond substituents is 1. The highest BCUT2D eigenvalue weighted by molar-refractivity contribution is 7.90. The summed E-state index contributed by atoms with van der Waals surface area (Å²) in [6, 6.07) is 4.04. The minimum absolute atomic E-state index is 0.00463. The molecule has 0 spiro atoms. The van der Waals surface area contributed by atoms with Crippen molar-refractivity contribution in [1.29, 1.82) is 0 Å². The second-order valence-electron chi connectivity index (χ2n) is 2.53. The Morgan fingerprint density at radius 1 is 1.38 bits per heavy atom. The molecule has 0 atom stereocenters. The van der Waals surface area contributed by atoms with Crippen LogP contribution in [-0.4, -0.2) is 19.9 Å². The van der Waals surface area contributed by atoms with Crippen molar-refractivity contribution >= 4 is 22.0 Å². The molecule has 68 valence electrons. The summed E-state index contributed by atoms with van der Waals surface area (Å²) in [4.78, 5) is -0.00463. The van der Waals surface area contributed by atoms with E-state index in [9.17, 15) is 8.42 Å². The van der Waals surface area contributed by atoms with Crippen molar-refractivity contribution in [2.24, 2.45) is 4.40 Å². The van der Waals surface area contributed by atoms with Crippen molar-refractivity contribution < 1.29 is 13.5 Å². The minimum atomic E-state index is -3.62. The topological polar surface area (TPSA) is 78.8 Å². The largest absolute Gasteiger partial charge is 0.508 e. The van der Waals surface area contributed by atoms with Gasteiger partial charge in [0.15, 0.2) is 0 Å². The van der Waals surface area contributed by atoms with Crippen LogP contribution in [0.15, 0.2) is 27.5 Å². The summed E-state index contributed by atoms with van der Waals surface area (Å²) < 4.78 is 25.8. The Balaban J connectivity index is 2.74. The number of benzene rings is 1. The van der Waals surface area contributed by atoms with E-state index >= 15 is 0 Å². The number of rotatable bonds is 0. The van der Waals surface area contributed by atoms with Crippen molar-refractivity contribution in [3.05, 3.63) is 18.2 Å². The summed E-state index contributed by atoms with van der Waals surface area (Å²) in [7, 11) is -3.62. The molecule has 0 amide bonds. The molecule has 13 heavy (non-hydrogen) atoms. The predicted octanol–water partition coefficient (Wildman–Crippen LogP) is 0.535. The van der Waals surface area contributed by atoms with Crippen LogP contribution in [0.5, 0.6) is 5.75 Å². The Labute approximate surface area is 74.8 Å². The molecule has 5 nitrogen and oxygen atoms in total. The van der Waals surface area contributed by atoms with Crippen molar-refractivity contribution in [2.75, 3.05) is 5.32 Å². The fourth-order valence-electron chi connectivity index (χ4n) is 1.07. The molecule has 0 aromatic heterocycles. The Bertz CT molecular complexity index is 479. The van der Waals surface area contributed by atoms with Crippen LogP contribution in [0.1, 0.15) is 0 Å². The van der Waals surface area contributed by atoms with Gasteiger partial charge in [0.05, 0.1) is 5.69 Å². The van der Waals surface area contributed by atoms with E-state index in [0.29, 0.717) is 5.69 Å². The van der Waals surface area contributed by atoms with Crippen LogP contribution < -0.4 is 5.32 Å². The highest BCUT2D eigenvalue weighted by Gasteiger charge is 2.20. The first-order valence-electron chi connectivity index (χ1n) is 3.48. The number of hydrogen-bond donors (Lipinski definition) is 2. The third kappa shape index (κ3) is 1.25. The van der Waals surface area contributed by atoms with E-state index in [1.54, 1.807) is 0 Å². The standard InChI is InChI=1S/C7H6N2O3S/c10-5-1-2-6-7(3-5)13(11,12)9-4-8-6/h1-4,10H,(H,8,9). The maximum absolute atomic E-state index is 11.3. The highest BCUT2D eigenvalue weighted by Crippen LogP contribution is 2.28. The van der Waals surface area contributed by atoms with Gasteiger partial charge in [0.1, 0.15) is 17.0 Å². The number of nitrogens with one attached hydrogen (secondary N) is 1. The van der Waals surface area contributed by atoms with Gasteiger partial charge in [-0.25, -0.2) is 0 Å². The van der Waals surface area contributed by atoms with Gasteiger partial charge in [0.25, 0.3) is 10.0 Å². The number of sulfonamides is 1. The molecule has 0 unspecified atom stereocenters. The lowest BCUT2D eigenvalue weighted by molar-refractivity contribution is 0.473. The van der Waals surface area contributed by atoms with E-state index < -0.39 is 10.0 Å². The Morgan fingerprint density at radius 3 is 2.92 bits per heavy atom. The number of aromatic hydroxyl groups is 1. The van der Waals surface area contributed by atoms with Crippen LogP contribution >= 0.6 is 0 Å². The number of anilines is 1. The monoisotopic (exact) mass is 198 g/mol. The van der Waals surface area contributed by atoms with Gasteiger partial charge in [-0.15, -0.1) is 4.40 Å². The summed E-state index contributed by atoms with van der Waals surface area (Å²) in [5, 5.41) is 11.7. The lowest BCUT2D eigenvalue weighted by atomic mass is 10.3. The van der Waals surface area contributed by atoms with Gasteiger partial charge in [-0.05, 0) is 12.1 Å². The summed E-state index contributed by atoms with van der Waals surface area (Å²) >= 11 is 0. The smallest absolute Gasteiger partial charge is 0.285 e. The van der Waals surface area contributed by atoms with Gasteiger partial charge in [-0.2, -0.15) is 8.42 Å². The quantitative estimate of drug-likeness (QED) is 0.596. The maximum atomic E-state index is 11.3. The molecular weight excluding hydrogens is 192 g/mol. The average molecular weight is 198 g/mol. The second-order valence-corrected chi connectivity index (χ2v) is 4.14. The Kier molecular flexibility index (Phi) is 1.53. The lowest BCUT2D eigenvalue weighted by Gasteiger charge is -2.11. The Hall–Kier alpha value is -1.56. The predicted molar refractivity (Wildman–Crippen MR) is 47.4 cm³/mol. The van der Waals surface area contributed by atoms with Crippen molar-refractivity contribution in [2.45, 2.75) is 4.90 Å². The maximum Gasteiger partial charge on any atom is 0.285 e. The molecule has 1 aromatic carbocycles. The molecule has 1 aliphatic heterocycles. The first kappa shape index (κ1) is 8.06. The zero-order chi connectivity index (χ0) is 9.47. The van der Waals surface area contributed by atoms with Crippen molar-refractivity contribution in [1.82, 2.24) is 0 Å². The van der Waals surface area contributed by atoms with E-state index in [1.807, 2.05) is 0 Å². The minimum Gasteiger partial charge on any atom is -0.508 e. The van der Waals surface area contributed by atoms with Crippen LogP contribution in [0.4, 0.5) is 5.69 Å². The summed E-state index contributed by atoms with van der Waals surface area (Å²) in [6.45, 7) is 0. The number of fused-ring (bicyclic) bond motifs is 1. The van der Waals surface area contributed by atoms with Gasteiger partial charge in [-0.1, -0.05) is 0 Å². The van der Waals surface area contributed by atoms with E-state index in [4.69, 9.17) is 5.11 Å². The SMILES string of the molecule is O=S1(=O)N=CNc2ccc(O)cc21. The lowest BCUT2D eigenvalue weighted by Crippen LogP contribution is -2.10. The van der Waals surface area contributed by atoms with Gasteiger partial charge < -0.3 is 10.4 Å². The van der Waals surface area contributed by atoms with Crippen LogP contribution in [0.3, 0.4) is 0 Å². The van der Waals surface area contributed by atoms with E-state index in [1.165, 1.54) is 12.1 Å². The van der Waals surface area contributed by atoms with Gasteiger partial charge >= 0.3 is 0 Å². The molecule has 1 aromatic rings. The van der Waals surface area contributed by atoms with Crippen LogP contribution in [0, 0.1) is 0 Å².